The molecule has 0 spiro atoms. The van der Waals surface area contributed by atoms with E-state index >= 15 is 0 Å². The molecule has 0 radical (unpaired) electrons. The summed E-state index contributed by atoms with van der Waals surface area (Å²) in [7, 11) is 0. The second-order valence-corrected chi connectivity index (χ2v) is 2.05. The lowest BCUT2D eigenvalue weighted by Gasteiger charge is -2.04. The number of nitrogens with one attached hydrogen (secondary N) is 1. The van der Waals surface area contributed by atoms with E-state index in [1.54, 1.807) is 0 Å². The predicted octanol–water partition coefficient (Wildman–Crippen LogP) is -1.13. The zero-order chi connectivity index (χ0) is 7.82. The highest BCUT2D eigenvalue weighted by Gasteiger charge is 1.99. The van der Waals surface area contributed by atoms with E-state index in [0.29, 0.717) is 25.8 Å². The summed E-state index contributed by atoms with van der Waals surface area (Å²) in [5, 5.41) is 19.6. The van der Waals surface area contributed by atoms with Gasteiger partial charge in [-0.15, -0.1) is 0 Å². The van der Waals surface area contributed by atoms with Gasteiger partial charge in [0.2, 0.25) is 6.41 Å². The molecule has 0 fully saturated rings. The number of aliphatic hydroxyl groups is 2. The third kappa shape index (κ3) is 5.53. The molecule has 3 N–H and O–H groups in total. The summed E-state index contributed by atoms with van der Waals surface area (Å²) in [6, 6.07) is 0. The van der Waals surface area contributed by atoms with E-state index in [1.807, 2.05) is 0 Å². The van der Waals surface area contributed by atoms with Gasteiger partial charge < -0.3 is 15.5 Å². The third-order valence-corrected chi connectivity index (χ3v) is 1.15. The summed E-state index contributed by atoms with van der Waals surface area (Å²) in [6.45, 7) is 0.349. The molecule has 10 heavy (non-hydrogen) atoms. The molecule has 1 unspecified atom stereocenters. The van der Waals surface area contributed by atoms with Crippen LogP contribution in [0.3, 0.4) is 0 Å². The van der Waals surface area contributed by atoms with Crippen molar-refractivity contribution in [3.8, 4) is 0 Å². The molecule has 0 aliphatic rings. The first kappa shape index (κ1) is 9.39. The molecule has 0 aromatic rings. The van der Waals surface area contributed by atoms with Crippen molar-refractivity contribution in [2.45, 2.75) is 18.9 Å². The smallest absolute Gasteiger partial charge is 0.207 e. The van der Waals surface area contributed by atoms with Gasteiger partial charge in [-0.2, -0.15) is 0 Å². The van der Waals surface area contributed by atoms with E-state index in [9.17, 15) is 4.79 Å². The van der Waals surface area contributed by atoms with Gasteiger partial charge in [0.15, 0.2) is 0 Å². The molecule has 0 bridgehead atoms. The Bertz CT molecular complexity index is 87.1. The van der Waals surface area contributed by atoms with Gasteiger partial charge in [0.25, 0.3) is 0 Å². The number of carbonyl (C=O) groups excluding carboxylic acids is 1. The lowest BCUT2D eigenvalue weighted by Crippen LogP contribution is -2.17. The second-order valence-electron chi connectivity index (χ2n) is 2.05. The Labute approximate surface area is 59.9 Å². The van der Waals surface area contributed by atoms with Gasteiger partial charge in [0, 0.05) is 6.54 Å². The average Bonchev–Trinajstić information content (AvgIpc) is 1.98. The minimum atomic E-state index is -0.645. The molecule has 60 valence electrons. The maximum Gasteiger partial charge on any atom is 0.207 e. The highest BCUT2D eigenvalue weighted by Crippen LogP contribution is 1.93. The number of hydrogen-bond acceptors (Lipinski definition) is 3. The van der Waals surface area contributed by atoms with Crippen LogP contribution in [-0.2, 0) is 4.79 Å². The fourth-order valence-corrected chi connectivity index (χ4v) is 0.590. The fraction of sp³-hybridized carbons (Fsp3) is 0.833. The number of carbonyl (C=O) groups is 1. The maximum atomic E-state index is 9.70. The Balaban J connectivity index is 2.95. The molecule has 0 aliphatic heterocycles. The summed E-state index contributed by atoms with van der Waals surface area (Å²) < 4.78 is 0. The number of amides is 1. The zero-order valence-electron chi connectivity index (χ0n) is 5.79. The Morgan fingerprint density at radius 1 is 1.60 bits per heavy atom. The van der Waals surface area contributed by atoms with Gasteiger partial charge in [-0.3, -0.25) is 4.79 Å². The van der Waals surface area contributed by atoms with Crippen molar-refractivity contribution in [2.75, 3.05) is 13.2 Å². The first-order chi connectivity index (χ1) is 4.81. The minimum Gasteiger partial charge on any atom is -0.394 e. The van der Waals surface area contributed by atoms with E-state index in [4.69, 9.17) is 10.2 Å². The maximum absolute atomic E-state index is 9.70. The summed E-state index contributed by atoms with van der Waals surface area (Å²) in [5.41, 5.74) is 0. The van der Waals surface area contributed by atoms with E-state index in [-0.39, 0.29) is 6.61 Å². The minimum absolute atomic E-state index is 0.207. The highest BCUT2D eigenvalue weighted by atomic mass is 16.3. The highest BCUT2D eigenvalue weighted by molar-refractivity contribution is 5.45. The van der Waals surface area contributed by atoms with Gasteiger partial charge in [0.05, 0.1) is 12.7 Å². The number of hydrogen-bond donors (Lipinski definition) is 3. The molecule has 0 aliphatic carbocycles. The van der Waals surface area contributed by atoms with Crippen LogP contribution in [0.1, 0.15) is 12.8 Å². The Morgan fingerprint density at radius 3 is 2.80 bits per heavy atom. The van der Waals surface area contributed by atoms with Crippen LogP contribution >= 0.6 is 0 Å². The quantitative estimate of drug-likeness (QED) is 0.329. The molecule has 0 rings (SSSR count). The number of rotatable bonds is 6. The Kier molecular flexibility index (Phi) is 6.11. The van der Waals surface area contributed by atoms with Crippen LogP contribution < -0.4 is 5.32 Å². The van der Waals surface area contributed by atoms with E-state index in [1.165, 1.54) is 0 Å². The largest absolute Gasteiger partial charge is 0.394 e. The number of aliphatic hydroxyl groups excluding tert-OH is 2. The molecule has 0 saturated heterocycles. The molecular weight excluding hydrogens is 134 g/mol. The monoisotopic (exact) mass is 147 g/mol. The molecule has 1 atom stereocenters. The normalized spacial score (nSPS) is 12.6. The van der Waals surface area contributed by atoms with Crippen molar-refractivity contribution in [1.29, 1.82) is 0 Å². The lowest BCUT2D eigenvalue weighted by atomic mass is 10.2. The van der Waals surface area contributed by atoms with Crippen molar-refractivity contribution >= 4 is 6.41 Å². The van der Waals surface area contributed by atoms with Gasteiger partial charge in [-0.1, -0.05) is 0 Å². The van der Waals surface area contributed by atoms with E-state index in [2.05, 4.69) is 5.32 Å². The van der Waals surface area contributed by atoms with Crippen LogP contribution in [0.5, 0.6) is 0 Å². The second kappa shape index (κ2) is 6.51. The first-order valence-electron chi connectivity index (χ1n) is 3.27. The van der Waals surface area contributed by atoms with Crippen molar-refractivity contribution in [1.82, 2.24) is 5.32 Å². The molecule has 0 heterocycles. The average molecular weight is 147 g/mol. The molecule has 0 aromatic carbocycles. The van der Waals surface area contributed by atoms with E-state index in [0.717, 1.165) is 0 Å². The van der Waals surface area contributed by atoms with Crippen molar-refractivity contribution in [2.24, 2.45) is 0 Å². The molecule has 4 nitrogen and oxygen atoms in total. The topological polar surface area (TPSA) is 69.6 Å². The van der Waals surface area contributed by atoms with Gasteiger partial charge in [0.1, 0.15) is 0 Å². The van der Waals surface area contributed by atoms with Crippen LogP contribution in [-0.4, -0.2) is 35.9 Å². The molecule has 0 aromatic heterocycles. The summed E-state index contributed by atoms with van der Waals surface area (Å²) in [6.07, 6.45) is 1.19. The molecular formula is C6H13NO3. The van der Waals surface area contributed by atoms with Crippen LogP contribution in [0.4, 0.5) is 0 Å². The Hall–Kier alpha value is -0.610. The fourth-order valence-electron chi connectivity index (χ4n) is 0.590. The summed E-state index contributed by atoms with van der Waals surface area (Å²) in [4.78, 5) is 9.70. The van der Waals surface area contributed by atoms with Gasteiger partial charge in [-0.25, -0.2) is 0 Å². The standard InChI is InChI=1S/C6H13NO3/c8-4-6(10)2-1-3-7-5-9/h5-6,8,10H,1-4H2,(H,7,9). The van der Waals surface area contributed by atoms with Crippen molar-refractivity contribution < 1.29 is 15.0 Å². The summed E-state index contributed by atoms with van der Waals surface area (Å²) in [5.74, 6) is 0. The van der Waals surface area contributed by atoms with Crippen molar-refractivity contribution in [3.63, 3.8) is 0 Å². The van der Waals surface area contributed by atoms with Crippen LogP contribution in [0.2, 0.25) is 0 Å². The van der Waals surface area contributed by atoms with Gasteiger partial charge >= 0.3 is 0 Å². The third-order valence-electron chi connectivity index (χ3n) is 1.15. The lowest BCUT2D eigenvalue weighted by molar-refractivity contribution is -0.109. The summed E-state index contributed by atoms with van der Waals surface area (Å²) >= 11 is 0. The molecule has 0 saturated carbocycles. The molecule has 1 amide bonds. The Morgan fingerprint density at radius 2 is 2.30 bits per heavy atom. The first-order valence-corrected chi connectivity index (χ1v) is 3.27. The van der Waals surface area contributed by atoms with Crippen LogP contribution in [0.25, 0.3) is 0 Å². The zero-order valence-corrected chi connectivity index (χ0v) is 5.79. The van der Waals surface area contributed by atoms with Crippen LogP contribution in [0.15, 0.2) is 0 Å². The predicted molar refractivity (Wildman–Crippen MR) is 36.4 cm³/mol. The SMILES string of the molecule is O=CNCCCC(O)CO. The van der Waals surface area contributed by atoms with Crippen LogP contribution in [0, 0.1) is 0 Å². The van der Waals surface area contributed by atoms with Gasteiger partial charge in [-0.05, 0) is 12.8 Å². The molecule has 4 heteroatoms. The van der Waals surface area contributed by atoms with Crippen molar-refractivity contribution in [3.05, 3.63) is 0 Å². The van der Waals surface area contributed by atoms with E-state index < -0.39 is 6.10 Å².